The Morgan fingerprint density at radius 2 is 1.68 bits per heavy atom. The van der Waals surface area contributed by atoms with Crippen LogP contribution in [-0.2, 0) is 30.6 Å². The molecule has 0 radical (unpaired) electrons. The van der Waals surface area contributed by atoms with Crippen LogP contribution in [0.15, 0.2) is 29.2 Å². The van der Waals surface area contributed by atoms with Gasteiger partial charge in [0, 0.05) is 6.42 Å². The maximum atomic E-state index is 12.6. The highest BCUT2D eigenvalue weighted by atomic mass is 32.2. The van der Waals surface area contributed by atoms with Gasteiger partial charge >= 0.3 is 11.5 Å². The van der Waals surface area contributed by atoms with E-state index < -0.39 is 31.8 Å². The van der Waals surface area contributed by atoms with Crippen LogP contribution in [0.25, 0.3) is 0 Å². The van der Waals surface area contributed by atoms with E-state index in [0.29, 0.717) is 18.4 Å². The smallest absolute Gasteiger partial charge is 0.458 e. The number of carbonyl (C=O) groups is 2. The van der Waals surface area contributed by atoms with Crippen molar-refractivity contribution in [3.63, 3.8) is 0 Å². The van der Waals surface area contributed by atoms with Gasteiger partial charge in [0.05, 0.1) is 4.90 Å². The number of ether oxygens (including phenoxy) is 1. The third-order valence-electron chi connectivity index (χ3n) is 5.63. The minimum Gasteiger partial charge on any atom is -0.458 e. The van der Waals surface area contributed by atoms with Gasteiger partial charge in [0.1, 0.15) is 17.8 Å². The number of aryl methyl sites for hydroxylation is 1. The summed E-state index contributed by atoms with van der Waals surface area (Å²) >= 11 is 0. The fraction of sp³-hybridized carbons (Fsp3) is 0.579. The lowest BCUT2D eigenvalue weighted by Gasteiger charge is -2.41. The molecule has 1 unspecified atom stereocenters. The van der Waals surface area contributed by atoms with Crippen LogP contribution in [0.1, 0.15) is 50.5 Å². The number of alkyl halides is 3. The molecule has 5 nitrogen and oxygen atoms in total. The van der Waals surface area contributed by atoms with Crippen LogP contribution in [0.3, 0.4) is 0 Å². The summed E-state index contributed by atoms with van der Waals surface area (Å²) in [7, 11) is -5.38. The van der Waals surface area contributed by atoms with Gasteiger partial charge in [0.25, 0.3) is 9.84 Å². The number of ketones is 1. The molecule has 1 saturated heterocycles. The number of rotatable bonds is 5. The second-order valence-electron chi connectivity index (χ2n) is 7.51. The van der Waals surface area contributed by atoms with Crippen molar-refractivity contribution in [1.29, 1.82) is 0 Å². The van der Waals surface area contributed by atoms with Crippen molar-refractivity contribution in [3.8, 4) is 0 Å². The molecule has 0 bridgehead atoms. The zero-order valence-electron chi connectivity index (χ0n) is 15.1. The first-order valence-corrected chi connectivity index (χ1v) is 10.7. The van der Waals surface area contributed by atoms with E-state index in [-0.39, 0.29) is 24.5 Å². The van der Waals surface area contributed by atoms with Crippen LogP contribution in [0.4, 0.5) is 13.2 Å². The normalized spacial score (nSPS) is 24.4. The van der Waals surface area contributed by atoms with Gasteiger partial charge in [-0.3, -0.25) is 9.59 Å². The van der Waals surface area contributed by atoms with Gasteiger partial charge in [-0.15, -0.1) is 0 Å². The molecule has 9 heteroatoms. The van der Waals surface area contributed by atoms with Crippen LogP contribution >= 0.6 is 0 Å². The van der Waals surface area contributed by atoms with Gasteiger partial charge in [-0.1, -0.05) is 25.0 Å². The molecule has 154 valence electrons. The van der Waals surface area contributed by atoms with Crippen molar-refractivity contribution >= 4 is 21.6 Å². The lowest BCUT2D eigenvalue weighted by Crippen LogP contribution is -2.48. The van der Waals surface area contributed by atoms with Crippen molar-refractivity contribution in [2.24, 2.45) is 5.92 Å². The fourth-order valence-corrected chi connectivity index (χ4v) is 4.97. The number of hydrogen-bond acceptors (Lipinski definition) is 5. The Bertz CT molecular complexity index is 837. The van der Waals surface area contributed by atoms with Crippen LogP contribution in [-0.4, -0.2) is 31.3 Å². The van der Waals surface area contributed by atoms with Crippen LogP contribution in [0.5, 0.6) is 0 Å². The number of hydrogen-bond donors (Lipinski definition) is 0. The molecular formula is C19H21F3O5S. The number of halogens is 3. The summed E-state index contributed by atoms with van der Waals surface area (Å²) < 4.78 is 66.5. The van der Waals surface area contributed by atoms with E-state index in [2.05, 4.69) is 0 Å². The summed E-state index contributed by atoms with van der Waals surface area (Å²) in [6.07, 6.45) is 4.41. The van der Waals surface area contributed by atoms with Crippen molar-refractivity contribution in [2.75, 3.05) is 0 Å². The zero-order valence-corrected chi connectivity index (χ0v) is 15.9. The third kappa shape index (κ3) is 4.09. The van der Waals surface area contributed by atoms with Crippen LogP contribution in [0, 0.1) is 5.92 Å². The molecule has 0 amide bonds. The SMILES string of the molecule is O=C1CC(=O)OC(CCc2ccc(S(=O)(=O)C(F)(F)F)cc2)(C2CCCC2)C1. The van der Waals surface area contributed by atoms with E-state index >= 15 is 0 Å². The lowest BCUT2D eigenvalue weighted by atomic mass is 9.76. The van der Waals surface area contributed by atoms with Gasteiger partial charge in [0.2, 0.25) is 0 Å². The van der Waals surface area contributed by atoms with Gasteiger partial charge < -0.3 is 4.74 Å². The van der Waals surface area contributed by atoms with Crippen molar-refractivity contribution in [3.05, 3.63) is 29.8 Å². The second kappa shape index (κ2) is 7.50. The Hall–Kier alpha value is -1.90. The third-order valence-corrected chi connectivity index (χ3v) is 7.13. The molecule has 28 heavy (non-hydrogen) atoms. The standard InChI is InChI=1S/C19H21F3O5S/c20-19(21,22)28(25,26)16-7-5-13(6-8-16)9-10-18(14-3-1-2-4-14)12-15(23)11-17(24)27-18/h5-8,14H,1-4,9-12H2. The molecule has 1 saturated carbocycles. The topological polar surface area (TPSA) is 77.5 Å². The monoisotopic (exact) mass is 418 g/mol. The highest BCUT2D eigenvalue weighted by Crippen LogP contribution is 2.44. The molecule has 3 rings (SSSR count). The summed E-state index contributed by atoms with van der Waals surface area (Å²) in [5, 5.41) is 0. The Morgan fingerprint density at radius 1 is 1.07 bits per heavy atom. The number of cyclic esters (lactones) is 1. The number of esters is 1. The fourth-order valence-electron chi connectivity index (χ4n) is 4.20. The minimum atomic E-state index is -5.38. The first-order chi connectivity index (χ1) is 13.0. The number of Topliss-reactive ketones (excluding diaryl/α,β-unsaturated/α-hetero) is 1. The Morgan fingerprint density at radius 3 is 2.21 bits per heavy atom. The average Bonchev–Trinajstić information content (AvgIpc) is 3.14. The van der Waals surface area contributed by atoms with E-state index in [1.54, 1.807) is 0 Å². The Kier molecular flexibility index (Phi) is 5.58. The molecule has 1 aliphatic carbocycles. The average molecular weight is 418 g/mol. The molecule has 0 spiro atoms. The number of benzene rings is 1. The molecule has 1 aromatic carbocycles. The van der Waals surface area contributed by atoms with E-state index in [0.717, 1.165) is 37.8 Å². The first-order valence-electron chi connectivity index (χ1n) is 9.17. The largest absolute Gasteiger partial charge is 0.501 e. The summed E-state index contributed by atoms with van der Waals surface area (Å²) in [5.74, 6) is -0.602. The summed E-state index contributed by atoms with van der Waals surface area (Å²) in [4.78, 5) is 23.1. The summed E-state index contributed by atoms with van der Waals surface area (Å²) in [6.45, 7) is 0. The van der Waals surface area contributed by atoms with Crippen molar-refractivity contribution < 1.29 is 35.9 Å². The molecule has 2 fully saturated rings. The highest BCUT2D eigenvalue weighted by Gasteiger charge is 2.48. The predicted octanol–water partition coefficient (Wildman–Crippen LogP) is 3.75. The number of carbonyl (C=O) groups excluding carboxylic acids is 2. The molecule has 2 aliphatic rings. The molecule has 0 N–H and O–H groups in total. The van der Waals surface area contributed by atoms with Crippen molar-refractivity contribution in [1.82, 2.24) is 0 Å². The van der Waals surface area contributed by atoms with Gasteiger partial charge in [-0.2, -0.15) is 13.2 Å². The molecular weight excluding hydrogens is 397 g/mol. The Labute approximate surface area is 161 Å². The first kappa shape index (κ1) is 20.8. The zero-order chi connectivity index (χ0) is 20.6. The van der Waals surface area contributed by atoms with Crippen molar-refractivity contribution in [2.45, 2.75) is 67.4 Å². The maximum absolute atomic E-state index is 12.6. The predicted molar refractivity (Wildman–Crippen MR) is 93.0 cm³/mol. The lowest BCUT2D eigenvalue weighted by molar-refractivity contribution is -0.178. The van der Waals surface area contributed by atoms with Gasteiger partial charge in [-0.05, 0) is 49.3 Å². The molecule has 1 heterocycles. The van der Waals surface area contributed by atoms with E-state index in [1.165, 1.54) is 12.1 Å². The molecule has 1 atom stereocenters. The van der Waals surface area contributed by atoms with E-state index in [4.69, 9.17) is 4.74 Å². The highest BCUT2D eigenvalue weighted by molar-refractivity contribution is 7.92. The van der Waals surface area contributed by atoms with Crippen LogP contribution < -0.4 is 0 Å². The minimum absolute atomic E-state index is 0.0885. The Balaban J connectivity index is 1.77. The maximum Gasteiger partial charge on any atom is 0.501 e. The molecule has 1 aliphatic heterocycles. The summed E-state index contributed by atoms with van der Waals surface area (Å²) in [6, 6.07) is 4.51. The molecule has 1 aromatic rings. The number of sulfone groups is 1. The summed E-state index contributed by atoms with van der Waals surface area (Å²) in [5.41, 5.74) is -5.61. The van der Waals surface area contributed by atoms with E-state index in [1.807, 2.05) is 0 Å². The van der Waals surface area contributed by atoms with Gasteiger partial charge in [-0.25, -0.2) is 8.42 Å². The molecule has 0 aromatic heterocycles. The quantitative estimate of drug-likeness (QED) is 0.538. The van der Waals surface area contributed by atoms with E-state index in [9.17, 15) is 31.2 Å². The van der Waals surface area contributed by atoms with Crippen LogP contribution in [0.2, 0.25) is 0 Å². The second-order valence-corrected chi connectivity index (χ2v) is 9.45. The van der Waals surface area contributed by atoms with Gasteiger partial charge in [0.15, 0.2) is 0 Å².